The summed E-state index contributed by atoms with van der Waals surface area (Å²) >= 11 is 0. The number of aliphatic hydroxyl groups excluding tert-OH is 1. The largest absolute Gasteiger partial charge is 0.491 e. The van der Waals surface area contributed by atoms with E-state index in [1.807, 2.05) is 30.3 Å². The Bertz CT molecular complexity index is 1150. The molecular formula is C32H36Cl2N2O2. The fourth-order valence-corrected chi connectivity index (χ4v) is 5.01. The van der Waals surface area contributed by atoms with Crippen LogP contribution >= 0.6 is 24.8 Å². The monoisotopic (exact) mass is 550 g/mol. The molecule has 4 aromatic rings. The molecule has 38 heavy (non-hydrogen) atoms. The minimum absolute atomic E-state index is 0. The Morgan fingerprint density at radius 2 is 1.08 bits per heavy atom. The first-order valence-corrected chi connectivity index (χ1v) is 12.8. The fraction of sp³-hybridized carbons (Fsp3) is 0.250. The number of hydrogen-bond acceptors (Lipinski definition) is 4. The highest BCUT2D eigenvalue weighted by atomic mass is 35.5. The van der Waals surface area contributed by atoms with Gasteiger partial charge in [-0.2, -0.15) is 0 Å². The third-order valence-electron chi connectivity index (χ3n) is 6.88. The van der Waals surface area contributed by atoms with Crippen molar-refractivity contribution in [3.05, 3.63) is 126 Å². The standard InChI is InChI=1S/C32H34N2O2.2ClH/c35-30(25-36-31-18-16-27(17-19-31)26-10-4-1-5-11-26)24-33-20-22-34(23-21-33)32(28-12-6-2-7-13-28)29-14-8-3-9-15-29;;/h1-19,30,32,35H,20-25H2;2*1H. The highest BCUT2D eigenvalue weighted by Crippen LogP contribution is 2.29. The van der Waals surface area contributed by atoms with Gasteiger partial charge < -0.3 is 9.84 Å². The van der Waals surface area contributed by atoms with Crippen LogP contribution in [0.4, 0.5) is 0 Å². The van der Waals surface area contributed by atoms with Gasteiger partial charge in [0.2, 0.25) is 0 Å². The smallest absolute Gasteiger partial charge is 0.119 e. The summed E-state index contributed by atoms with van der Waals surface area (Å²) in [4.78, 5) is 4.90. The van der Waals surface area contributed by atoms with Crippen LogP contribution in [0.15, 0.2) is 115 Å². The van der Waals surface area contributed by atoms with Crippen LogP contribution < -0.4 is 4.74 Å². The number of hydrogen-bond donors (Lipinski definition) is 1. The van der Waals surface area contributed by atoms with Crippen molar-refractivity contribution >= 4 is 24.8 Å². The van der Waals surface area contributed by atoms with Gasteiger partial charge in [0.1, 0.15) is 18.5 Å². The molecule has 5 rings (SSSR count). The van der Waals surface area contributed by atoms with E-state index in [0.717, 1.165) is 37.5 Å². The Kier molecular flexibility index (Phi) is 11.7. The minimum atomic E-state index is -0.524. The van der Waals surface area contributed by atoms with Crippen LogP contribution in [0, 0.1) is 0 Å². The van der Waals surface area contributed by atoms with E-state index in [4.69, 9.17) is 4.74 Å². The van der Waals surface area contributed by atoms with E-state index in [-0.39, 0.29) is 30.9 Å². The number of β-amino-alcohol motifs (C(OH)–C–C–N with tert-alkyl or cyclic N) is 1. The number of benzene rings is 4. The molecule has 1 unspecified atom stereocenters. The Morgan fingerprint density at radius 3 is 1.61 bits per heavy atom. The number of halogens is 2. The first kappa shape index (κ1) is 29.7. The van der Waals surface area contributed by atoms with Gasteiger partial charge in [-0.05, 0) is 34.4 Å². The Hall–Kier alpha value is -2.86. The maximum atomic E-state index is 10.6. The molecule has 1 fully saturated rings. The predicted octanol–water partition coefficient (Wildman–Crippen LogP) is 6.34. The Balaban J connectivity index is 0.00000200. The van der Waals surface area contributed by atoms with Crippen molar-refractivity contribution in [3.63, 3.8) is 0 Å². The number of piperazine rings is 1. The Labute approximate surface area is 238 Å². The second-order valence-corrected chi connectivity index (χ2v) is 9.42. The maximum absolute atomic E-state index is 10.6. The quantitative estimate of drug-likeness (QED) is 0.263. The van der Waals surface area contributed by atoms with Crippen molar-refractivity contribution in [2.45, 2.75) is 12.1 Å². The number of rotatable bonds is 9. The summed E-state index contributed by atoms with van der Waals surface area (Å²) in [7, 11) is 0. The lowest BCUT2D eigenvalue weighted by Gasteiger charge is -2.40. The zero-order valence-corrected chi connectivity index (χ0v) is 23.1. The molecule has 0 bridgehead atoms. The third kappa shape index (κ3) is 7.83. The van der Waals surface area contributed by atoms with Crippen LogP contribution in [-0.4, -0.2) is 60.3 Å². The minimum Gasteiger partial charge on any atom is -0.491 e. The molecule has 0 spiro atoms. The summed E-state index contributed by atoms with van der Waals surface area (Å²) in [6.45, 7) is 4.70. The summed E-state index contributed by atoms with van der Waals surface area (Å²) in [5.74, 6) is 0.784. The van der Waals surface area contributed by atoms with Gasteiger partial charge in [-0.3, -0.25) is 9.80 Å². The lowest BCUT2D eigenvalue weighted by Crippen LogP contribution is -2.50. The molecule has 0 aliphatic carbocycles. The van der Waals surface area contributed by atoms with Crippen molar-refractivity contribution < 1.29 is 9.84 Å². The van der Waals surface area contributed by atoms with Crippen LogP contribution in [-0.2, 0) is 0 Å². The highest BCUT2D eigenvalue weighted by Gasteiger charge is 2.27. The van der Waals surface area contributed by atoms with Crippen LogP contribution in [0.2, 0.25) is 0 Å². The summed E-state index contributed by atoms with van der Waals surface area (Å²) in [6.07, 6.45) is -0.524. The van der Waals surface area contributed by atoms with Crippen molar-refractivity contribution in [2.24, 2.45) is 0 Å². The lowest BCUT2D eigenvalue weighted by molar-refractivity contribution is 0.0401. The summed E-state index contributed by atoms with van der Waals surface area (Å²) in [6, 6.07) is 40.1. The number of ether oxygens (including phenoxy) is 1. The Morgan fingerprint density at radius 1 is 0.605 bits per heavy atom. The molecule has 4 nitrogen and oxygen atoms in total. The average molecular weight is 552 g/mol. The van der Waals surface area contributed by atoms with E-state index in [1.54, 1.807) is 0 Å². The number of nitrogens with zero attached hydrogens (tertiary/aromatic N) is 2. The summed E-state index contributed by atoms with van der Waals surface area (Å²) in [5, 5.41) is 10.6. The van der Waals surface area contributed by atoms with Crippen LogP contribution in [0.1, 0.15) is 17.2 Å². The van der Waals surface area contributed by atoms with E-state index in [2.05, 4.69) is 94.7 Å². The SMILES string of the molecule is Cl.Cl.OC(COc1ccc(-c2ccccc2)cc1)CN1CCN(C(c2ccccc2)c2ccccc2)CC1. The molecule has 0 aromatic heterocycles. The zero-order valence-electron chi connectivity index (χ0n) is 21.4. The van der Waals surface area contributed by atoms with Crippen molar-refractivity contribution in [1.82, 2.24) is 9.80 Å². The van der Waals surface area contributed by atoms with Crippen molar-refractivity contribution in [3.8, 4) is 16.9 Å². The number of aliphatic hydroxyl groups is 1. The van der Waals surface area contributed by atoms with Crippen molar-refractivity contribution in [1.29, 1.82) is 0 Å². The van der Waals surface area contributed by atoms with E-state index in [0.29, 0.717) is 13.2 Å². The molecule has 1 aliphatic rings. The molecule has 4 aromatic carbocycles. The van der Waals surface area contributed by atoms with E-state index >= 15 is 0 Å². The maximum Gasteiger partial charge on any atom is 0.119 e. The second kappa shape index (κ2) is 14.9. The molecule has 0 radical (unpaired) electrons. The average Bonchev–Trinajstić information content (AvgIpc) is 2.95. The van der Waals surface area contributed by atoms with Crippen molar-refractivity contribution in [2.75, 3.05) is 39.3 Å². The molecular weight excluding hydrogens is 515 g/mol. The molecule has 0 saturated carbocycles. The molecule has 1 atom stereocenters. The molecule has 0 amide bonds. The zero-order chi connectivity index (χ0) is 24.6. The molecule has 1 heterocycles. The van der Waals surface area contributed by atoms with Gasteiger partial charge >= 0.3 is 0 Å². The summed E-state index contributed by atoms with van der Waals surface area (Å²) < 4.78 is 5.89. The lowest BCUT2D eigenvalue weighted by atomic mass is 9.96. The van der Waals surface area contributed by atoms with E-state index < -0.39 is 6.10 Å². The fourth-order valence-electron chi connectivity index (χ4n) is 5.01. The predicted molar refractivity (Wildman–Crippen MR) is 161 cm³/mol. The van der Waals surface area contributed by atoms with Gasteiger partial charge in [0, 0.05) is 32.7 Å². The molecule has 6 heteroatoms. The van der Waals surface area contributed by atoms with Gasteiger partial charge in [-0.15, -0.1) is 24.8 Å². The molecule has 1 saturated heterocycles. The van der Waals surface area contributed by atoms with Crippen LogP contribution in [0.25, 0.3) is 11.1 Å². The highest BCUT2D eigenvalue weighted by molar-refractivity contribution is 5.85. The topological polar surface area (TPSA) is 35.9 Å². The normalized spacial score (nSPS) is 14.8. The first-order chi connectivity index (χ1) is 17.8. The van der Waals surface area contributed by atoms with Crippen LogP contribution in [0.3, 0.4) is 0 Å². The molecule has 1 N–H and O–H groups in total. The second-order valence-electron chi connectivity index (χ2n) is 9.42. The molecule has 1 aliphatic heterocycles. The van der Waals surface area contributed by atoms with Gasteiger partial charge in [-0.25, -0.2) is 0 Å². The van der Waals surface area contributed by atoms with Gasteiger partial charge in [0.15, 0.2) is 0 Å². The van der Waals surface area contributed by atoms with Gasteiger partial charge in [-0.1, -0.05) is 103 Å². The molecule has 200 valence electrons. The van der Waals surface area contributed by atoms with E-state index in [1.165, 1.54) is 16.7 Å². The van der Waals surface area contributed by atoms with E-state index in [9.17, 15) is 5.11 Å². The van der Waals surface area contributed by atoms with Crippen LogP contribution in [0.5, 0.6) is 5.75 Å². The first-order valence-electron chi connectivity index (χ1n) is 12.8. The van der Waals surface area contributed by atoms with Gasteiger partial charge in [0.25, 0.3) is 0 Å². The van der Waals surface area contributed by atoms with Gasteiger partial charge in [0.05, 0.1) is 6.04 Å². The third-order valence-corrected chi connectivity index (χ3v) is 6.88. The summed E-state index contributed by atoms with van der Waals surface area (Å²) in [5.41, 5.74) is 4.99.